The van der Waals surface area contributed by atoms with Crippen LogP contribution < -0.4 is 5.73 Å². The molecule has 9 heteroatoms. The zero-order chi connectivity index (χ0) is 14.8. The van der Waals surface area contributed by atoms with E-state index in [9.17, 15) is 26.7 Å². The third kappa shape index (κ3) is 3.52. The van der Waals surface area contributed by atoms with Gasteiger partial charge in [0.2, 0.25) is 0 Å². The number of nitrogen functional groups attached to an aromatic ring is 1. The zero-order valence-electron chi connectivity index (χ0n) is 9.59. The van der Waals surface area contributed by atoms with Gasteiger partial charge in [-0.1, -0.05) is 0 Å². The molecule has 0 bridgehead atoms. The molecule has 1 aromatic rings. The number of alkyl halides is 5. The molecular formula is C10H9F5N2O2. The first kappa shape index (κ1) is 15.1. The Kier molecular flexibility index (Phi) is 4.28. The molecule has 0 aliphatic heterocycles. The molecule has 0 unspecified atom stereocenters. The lowest BCUT2D eigenvalue weighted by Gasteiger charge is -2.14. The van der Waals surface area contributed by atoms with Gasteiger partial charge in [-0.05, 0) is 6.07 Å². The molecule has 0 saturated heterocycles. The Labute approximate surface area is 104 Å². The number of anilines is 1. The molecule has 1 heterocycles. The number of nitrogens with zero attached hydrogens (tertiary/aromatic N) is 1. The van der Waals surface area contributed by atoms with Crippen LogP contribution in [0.15, 0.2) is 6.07 Å². The second-order valence-electron chi connectivity index (χ2n) is 3.51. The summed E-state index contributed by atoms with van der Waals surface area (Å²) in [5.74, 6) is -0.848. The van der Waals surface area contributed by atoms with Crippen molar-refractivity contribution in [3.63, 3.8) is 0 Å². The van der Waals surface area contributed by atoms with Gasteiger partial charge in [-0.2, -0.15) is 13.2 Å². The first-order valence-corrected chi connectivity index (χ1v) is 4.88. The molecule has 0 amide bonds. The van der Waals surface area contributed by atoms with Crippen LogP contribution in [0.25, 0.3) is 0 Å². The Bertz CT molecular complexity index is 488. The number of ether oxygens (including phenoxy) is 1. The molecule has 0 radical (unpaired) electrons. The molecule has 0 spiro atoms. The van der Waals surface area contributed by atoms with Crippen LogP contribution in [0.1, 0.15) is 23.4 Å². The van der Waals surface area contributed by atoms with Gasteiger partial charge in [0, 0.05) is 0 Å². The molecule has 0 aromatic carbocycles. The van der Waals surface area contributed by atoms with E-state index in [2.05, 4.69) is 9.72 Å². The van der Waals surface area contributed by atoms with Crippen molar-refractivity contribution in [3.8, 4) is 0 Å². The number of esters is 1. The van der Waals surface area contributed by atoms with Crippen LogP contribution in [0.5, 0.6) is 0 Å². The van der Waals surface area contributed by atoms with Gasteiger partial charge in [0.1, 0.15) is 5.69 Å². The second kappa shape index (κ2) is 5.37. The summed E-state index contributed by atoms with van der Waals surface area (Å²) >= 11 is 0. The SMILES string of the molecule is COC(=O)Cc1nc(C(F)F)c(C(F)(F)F)cc1N. The van der Waals surface area contributed by atoms with E-state index < -0.39 is 41.9 Å². The monoisotopic (exact) mass is 284 g/mol. The number of methoxy groups -OCH3 is 1. The van der Waals surface area contributed by atoms with Gasteiger partial charge in [0.15, 0.2) is 0 Å². The molecule has 19 heavy (non-hydrogen) atoms. The van der Waals surface area contributed by atoms with E-state index in [4.69, 9.17) is 5.73 Å². The van der Waals surface area contributed by atoms with Crippen LogP contribution in [-0.2, 0) is 22.1 Å². The molecule has 1 rings (SSSR count). The average Bonchev–Trinajstić information content (AvgIpc) is 2.29. The van der Waals surface area contributed by atoms with Crippen LogP contribution in [0, 0.1) is 0 Å². The second-order valence-corrected chi connectivity index (χ2v) is 3.51. The predicted octanol–water partition coefficient (Wildman–Crippen LogP) is 2.34. The quantitative estimate of drug-likeness (QED) is 0.683. The number of pyridine rings is 1. The fourth-order valence-corrected chi connectivity index (χ4v) is 1.33. The number of nitrogens with two attached hydrogens (primary N) is 1. The molecule has 0 aliphatic carbocycles. The highest BCUT2D eigenvalue weighted by Crippen LogP contribution is 2.37. The summed E-state index contributed by atoms with van der Waals surface area (Å²) in [5, 5.41) is 0. The molecule has 4 nitrogen and oxygen atoms in total. The Hall–Kier alpha value is -1.93. The predicted molar refractivity (Wildman–Crippen MR) is 54.3 cm³/mol. The Morgan fingerprint density at radius 2 is 2.05 bits per heavy atom. The minimum Gasteiger partial charge on any atom is -0.469 e. The van der Waals surface area contributed by atoms with Crippen molar-refractivity contribution in [3.05, 3.63) is 23.0 Å². The van der Waals surface area contributed by atoms with Crippen molar-refractivity contribution in [2.75, 3.05) is 12.8 Å². The van der Waals surface area contributed by atoms with Crippen LogP contribution in [0.3, 0.4) is 0 Å². The van der Waals surface area contributed by atoms with Crippen molar-refractivity contribution >= 4 is 11.7 Å². The van der Waals surface area contributed by atoms with Crippen LogP contribution in [0.4, 0.5) is 27.6 Å². The van der Waals surface area contributed by atoms with Gasteiger partial charge < -0.3 is 10.5 Å². The maximum atomic E-state index is 12.6. The normalized spacial score (nSPS) is 11.7. The topological polar surface area (TPSA) is 65.2 Å². The van der Waals surface area contributed by atoms with Crippen LogP contribution in [0.2, 0.25) is 0 Å². The summed E-state index contributed by atoms with van der Waals surface area (Å²) in [5.41, 5.74) is 1.32. The third-order valence-electron chi connectivity index (χ3n) is 2.22. The minimum atomic E-state index is -5.00. The fourth-order valence-electron chi connectivity index (χ4n) is 1.33. The number of hydrogen-bond donors (Lipinski definition) is 1. The van der Waals surface area contributed by atoms with Crippen molar-refractivity contribution < 1.29 is 31.5 Å². The maximum Gasteiger partial charge on any atom is 0.418 e. The first-order valence-electron chi connectivity index (χ1n) is 4.88. The molecule has 1 aromatic heterocycles. The average molecular weight is 284 g/mol. The number of halogens is 5. The van der Waals surface area contributed by atoms with Gasteiger partial charge in [-0.3, -0.25) is 4.79 Å². The molecule has 2 N–H and O–H groups in total. The van der Waals surface area contributed by atoms with Gasteiger partial charge in [0.05, 0.1) is 30.5 Å². The lowest BCUT2D eigenvalue weighted by Crippen LogP contribution is -2.16. The highest BCUT2D eigenvalue weighted by Gasteiger charge is 2.37. The maximum absolute atomic E-state index is 12.6. The van der Waals surface area contributed by atoms with Gasteiger partial charge in [-0.15, -0.1) is 0 Å². The summed E-state index contributed by atoms with van der Waals surface area (Å²) < 4.78 is 67.0. The lowest BCUT2D eigenvalue weighted by atomic mass is 10.1. The minimum absolute atomic E-state index is 0.340. The number of aromatic nitrogens is 1. The molecule has 0 fully saturated rings. The summed E-state index contributed by atoms with van der Waals surface area (Å²) in [4.78, 5) is 14.1. The van der Waals surface area contributed by atoms with Crippen LogP contribution >= 0.6 is 0 Å². The molecule has 0 atom stereocenters. The number of rotatable bonds is 3. The lowest BCUT2D eigenvalue weighted by molar-refractivity contribution is -0.140. The Balaban J connectivity index is 3.33. The van der Waals surface area contributed by atoms with E-state index in [0.29, 0.717) is 6.07 Å². The first-order chi connectivity index (χ1) is 8.66. The van der Waals surface area contributed by atoms with E-state index in [-0.39, 0.29) is 5.69 Å². The number of carbonyl (C=O) groups is 1. The summed E-state index contributed by atoms with van der Waals surface area (Å²) in [6.45, 7) is 0. The third-order valence-corrected chi connectivity index (χ3v) is 2.22. The van der Waals surface area contributed by atoms with Crippen molar-refractivity contribution in [2.24, 2.45) is 0 Å². The van der Waals surface area contributed by atoms with E-state index in [1.54, 1.807) is 0 Å². The van der Waals surface area contributed by atoms with Crippen LogP contribution in [-0.4, -0.2) is 18.1 Å². The van der Waals surface area contributed by atoms with Gasteiger partial charge >= 0.3 is 12.1 Å². The van der Waals surface area contributed by atoms with E-state index in [1.807, 2.05) is 0 Å². The standard InChI is InChI=1S/C10H9F5N2O2/c1-19-7(18)3-6-5(16)2-4(10(13,14)15)8(17-6)9(11)12/h2,9H,3,16H2,1H3. The van der Waals surface area contributed by atoms with E-state index in [0.717, 1.165) is 7.11 Å². The largest absolute Gasteiger partial charge is 0.469 e. The summed E-state index contributed by atoms with van der Waals surface area (Å²) in [6, 6.07) is 0.340. The Morgan fingerprint density at radius 3 is 2.47 bits per heavy atom. The summed E-state index contributed by atoms with van der Waals surface area (Å²) in [7, 11) is 1.04. The molecule has 0 saturated carbocycles. The van der Waals surface area contributed by atoms with Crippen molar-refractivity contribution in [1.29, 1.82) is 0 Å². The highest BCUT2D eigenvalue weighted by molar-refractivity contribution is 5.74. The smallest absolute Gasteiger partial charge is 0.418 e. The number of carbonyl (C=O) groups excluding carboxylic acids is 1. The highest BCUT2D eigenvalue weighted by atomic mass is 19.4. The van der Waals surface area contributed by atoms with E-state index >= 15 is 0 Å². The van der Waals surface area contributed by atoms with Crippen molar-refractivity contribution in [2.45, 2.75) is 19.0 Å². The molecular weight excluding hydrogens is 275 g/mol. The fraction of sp³-hybridized carbons (Fsp3) is 0.400. The molecule has 106 valence electrons. The van der Waals surface area contributed by atoms with E-state index in [1.165, 1.54) is 0 Å². The summed E-state index contributed by atoms with van der Waals surface area (Å²) in [6.07, 6.45) is -9.02. The molecule has 0 aliphatic rings. The zero-order valence-corrected chi connectivity index (χ0v) is 9.59. The van der Waals surface area contributed by atoms with Crippen molar-refractivity contribution in [1.82, 2.24) is 4.98 Å². The number of hydrogen-bond acceptors (Lipinski definition) is 4. The Morgan fingerprint density at radius 1 is 1.47 bits per heavy atom. The van der Waals surface area contributed by atoms with Gasteiger partial charge in [-0.25, -0.2) is 13.8 Å². The van der Waals surface area contributed by atoms with Gasteiger partial charge in [0.25, 0.3) is 6.43 Å².